The Kier molecular flexibility index (Phi) is 6.72. The highest BCUT2D eigenvalue weighted by molar-refractivity contribution is 7.60. The lowest BCUT2D eigenvalue weighted by molar-refractivity contribution is -0.153. The van der Waals surface area contributed by atoms with Crippen molar-refractivity contribution in [2.75, 3.05) is 12.5 Å². The summed E-state index contributed by atoms with van der Waals surface area (Å²) in [4.78, 5) is 30.9. The summed E-state index contributed by atoms with van der Waals surface area (Å²) in [6.45, 7) is -1.07. The third kappa shape index (κ3) is 5.25. The first-order valence-corrected chi connectivity index (χ1v) is 10.6. The van der Waals surface area contributed by atoms with Crippen LogP contribution in [0.15, 0.2) is 17.3 Å². The van der Waals surface area contributed by atoms with Crippen LogP contribution in [0, 0.1) is 0 Å². The molecule has 1 saturated heterocycles. The van der Waals surface area contributed by atoms with Gasteiger partial charge < -0.3 is 40.3 Å². The molecule has 2 unspecified atom stereocenters. The van der Waals surface area contributed by atoms with Crippen molar-refractivity contribution in [2.45, 2.75) is 30.5 Å². The molecule has 2 heterocycles. The van der Waals surface area contributed by atoms with Gasteiger partial charge in [0.25, 0.3) is 0 Å². The second kappa shape index (κ2) is 8.01. The Labute approximate surface area is 156 Å². The standard InChI is InChI=1S/C10H17ClFN3O10P2/c11-3-10(4-23-27(21,22)25-26(18,19)20)7(16)6(12)8(24-10)15-2-1-5(13)14-9(15)17/h1-2,6-9,16-17H,3-4H2,(H2,13,14)(H,21,22)(H2,18,19,20)/t6-,7+,8-,9?,10-/m1/s1. The Bertz CT molecular complexity index is 721. The van der Waals surface area contributed by atoms with Gasteiger partial charge in [-0.2, -0.15) is 4.31 Å². The van der Waals surface area contributed by atoms with Crippen LogP contribution in [-0.2, 0) is 22.7 Å². The summed E-state index contributed by atoms with van der Waals surface area (Å²) in [6, 6.07) is 0. The summed E-state index contributed by atoms with van der Waals surface area (Å²) < 4.78 is 50.1. The van der Waals surface area contributed by atoms with Crippen LogP contribution in [0.4, 0.5) is 4.39 Å². The van der Waals surface area contributed by atoms with Gasteiger partial charge in [0.2, 0.25) is 6.35 Å². The molecule has 0 aromatic carbocycles. The number of hydrogen-bond donors (Lipinski definition) is 6. The van der Waals surface area contributed by atoms with Gasteiger partial charge in [0.15, 0.2) is 12.4 Å². The maximum atomic E-state index is 14.6. The van der Waals surface area contributed by atoms with E-state index in [-0.39, 0.29) is 5.84 Å². The van der Waals surface area contributed by atoms with Crippen molar-refractivity contribution in [3.8, 4) is 0 Å². The van der Waals surface area contributed by atoms with Gasteiger partial charge in [-0.1, -0.05) is 0 Å². The molecule has 0 amide bonds. The molecule has 0 bridgehead atoms. The lowest BCUT2D eigenvalue weighted by Gasteiger charge is -2.34. The Morgan fingerprint density at radius 1 is 1.41 bits per heavy atom. The van der Waals surface area contributed by atoms with E-state index in [4.69, 9.17) is 31.9 Å². The first-order chi connectivity index (χ1) is 12.3. The highest BCUT2D eigenvalue weighted by Crippen LogP contribution is 2.58. The average molecular weight is 456 g/mol. The van der Waals surface area contributed by atoms with Crippen LogP contribution in [0.3, 0.4) is 0 Å². The molecular weight excluding hydrogens is 439 g/mol. The number of nitrogens with zero attached hydrogens (tertiary/aromatic N) is 2. The maximum absolute atomic E-state index is 14.6. The fourth-order valence-electron chi connectivity index (χ4n) is 2.36. The van der Waals surface area contributed by atoms with E-state index >= 15 is 0 Å². The summed E-state index contributed by atoms with van der Waals surface area (Å²) in [5.41, 5.74) is 3.28. The van der Waals surface area contributed by atoms with Crippen LogP contribution in [-0.4, -0.2) is 78.6 Å². The zero-order valence-electron chi connectivity index (χ0n) is 13.3. The van der Waals surface area contributed by atoms with Crippen LogP contribution in [0.25, 0.3) is 0 Å². The van der Waals surface area contributed by atoms with E-state index in [2.05, 4.69) is 13.8 Å². The average Bonchev–Trinajstić information content (AvgIpc) is 2.76. The number of ether oxygens (including phenoxy) is 1. The number of aliphatic hydroxyl groups excluding tert-OH is 2. The molecule has 2 aliphatic heterocycles. The number of aliphatic hydroxyl groups is 2. The predicted octanol–water partition coefficient (Wildman–Crippen LogP) is -1.29. The summed E-state index contributed by atoms with van der Waals surface area (Å²) in [5.74, 6) is -0.699. The van der Waals surface area contributed by atoms with Gasteiger partial charge in [-0.3, -0.25) is 4.52 Å². The third-order valence-electron chi connectivity index (χ3n) is 3.62. The van der Waals surface area contributed by atoms with Crippen LogP contribution in [0.1, 0.15) is 0 Å². The number of phosphoric acid groups is 2. The highest BCUT2D eigenvalue weighted by atomic mass is 35.5. The van der Waals surface area contributed by atoms with Crippen molar-refractivity contribution in [1.29, 1.82) is 0 Å². The number of aliphatic imine (C=N–C) groups is 1. The maximum Gasteiger partial charge on any atom is 0.481 e. The van der Waals surface area contributed by atoms with E-state index in [9.17, 15) is 28.6 Å². The molecule has 156 valence electrons. The fraction of sp³-hybridized carbons (Fsp3) is 0.700. The van der Waals surface area contributed by atoms with E-state index in [0.717, 1.165) is 11.1 Å². The molecule has 0 radical (unpaired) electrons. The van der Waals surface area contributed by atoms with Crippen molar-refractivity contribution in [1.82, 2.24) is 4.90 Å². The van der Waals surface area contributed by atoms with Gasteiger partial charge in [0, 0.05) is 6.20 Å². The number of nitrogens with two attached hydrogens (primary N) is 1. The fourth-order valence-corrected chi connectivity index (χ4v) is 4.31. The molecule has 2 rings (SSSR count). The Morgan fingerprint density at radius 3 is 2.56 bits per heavy atom. The molecule has 0 spiro atoms. The Hall–Kier alpha value is -0.630. The van der Waals surface area contributed by atoms with Gasteiger partial charge >= 0.3 is 15.6 Å². The lowest BCUT2D eigenvalue weighted by atomic mass is 9.99. The molecule has 0 aliphatic carbocycles. The normalized spacial score (nSPS) is 36.6. The largest absolute Gasteiger partial charge is 0.481 e. The van der Waals surface area contributed by atoms with Crippen molar-refractivity contribution in [3.05, 3.63) is 12.3 Å². The minimum atomic E-state index is -5.38. The van der Waals surface area contributed by atoms with Crippen molar-refractivity contribution in [2.24, 2.45) is 10.7 Å². The topological polar surface area (TPSA) is 205 Å². The number of alkyl halides is 2. The van der Waals surface area contributed by atoms with Gasteiger partial charge in [-0.05, 0) is 6.08 Å². The van der Waals surface area contributed by atoms with Gasteiger partial charge in [-0.15, -0.1) is 11.6 Å². The zero-order valence-corrected chi connectivity index (χ0v) is 15.8. The first-order valence-electron chi connectivity index (χ1n) is 7.07. The van der Waals surface area contributed by atoms with E-state index in [0.29, 0.717) is 0 Å². The second-order valence-electron chi connectivity index (χ2n) is 5.57. The minimum Gasteiger partial charge on any atom is -0.387 e. The third-order valence-corrected chi connectivity index (χ3v) is 6.20. The molecule has 0 saturated carbocycles. The first kappa shape index (κ1) is 22.7. The molecular formula is C10H17ClFN3O10P2. The van der Waals surface area contributed by atoms with Gasteiger partial charge in [0.05, 0.1) is 12.5 Å². The molecule has 1 fully saturated rings. The van der Waals surface area contributed by atoms with E-state index in [1.54, 1.807) is 0 Å². The Morgan fingerprint density at radius 2 is 2.04 bits per heavy atom. The van der Waals surface area contributed by atoms with Gasteiger partial charge in [0.1, 0.15) is 17.5 Å². The van der Waals surface area contributed by atoms with E-state index < -0.39 is 58.6 Å². The molecule has 7 N–H and O–H groups in total. The molecule has 2 aliphatic rings. The monoisotopic (exact) mass is 455 g/mol. The smallest absolute Gasteiger partial charge is 0.387 e. The van der Waals surface area contributed by atoms with E-state index in [1.165, 1.54) is 6.08 Å². The van der Waals surface area contributed by atoms with Crippen molar-refractivity contribution < 1.29 is 52.0 Å². The van der Waals surface area contributed by atoms with Gasteiger partial charge in [-0.25, -0.2) is 18.5 Å². The quantitative estimate of drug-likeness (QED) is 0.196. The van der Waals surface area contributed by atoms with Crippen molar-refractivity contribution in [3.63, 3.8) is 0 Å². The van der Waals surface area contributed by atoms with Crippen molar-refractivity contribution >= 4 is 33.1 Å². The van der Waals surface area contributed by atoms with E-state index in [1.807, 2.05) is 0 Å². The lowest BCUT2D eigenvalue weighted by Crippen LogP contribution is -2.47. The SMILES string of the molecule is NC1=NC(O)N([C@@H]2O[C@](CCl)(COP(=O)(O)OP(=O)(O)O)[C@@H](O)[C@H]2F)C=C1. The van der Waals surface area contributed by atoms with Crippen LogP contribution < -0.4 is 5.73 Å². The van der Waals surface area contributed by atoms with Crippen LogP contribution in [0.2, 0.25) is 0 Å². The van der Waals surface area contributed by atoms with Crippen LogP contribution in [0.5, 0.6) is 0 Å². The predicted molar refractivity (Wildman–Crippen MR) is 86.7 cm³/mol. The summed E-state index contributed by atoms with van der Waals surface area (Å²) >= 11 is 5.71. The summed E-state index contributed by atoms with van der Waals surface area (Å²) in [7, 11) is -10.7. The number of phosphoric ester groups is 1. The number of amidine groups is 1. The minimum absolute atomic E-state index is 0.0459. The Balaban J connectivity index is 2.16. The second-order valence-corrected chi connectivity index (χ2v) is 8.67. The number of rotatable bonds is 7. The molecule has 0 aromatic rings. The molecule has 13 nitrogen and oxygen atoms in total. The molecule has 27 heavy (non-hydrogen) atoms. The number of halogens is 2. The molecule has 17 heteroatoms. The molecule has 6 atom stereocenters. The summed E-state index contributed by atoms with van der Waals surface area (Å²) in [5, 5.41) is 20.0. The van der Waals surface area contributed by atoms with Crippen LogP contribution >= 0.6 is 27.2 Å². The molecule has 0 aromatic heterocycles. The number of hydrogen-bond acceptors (Lipinski definition) is 10. The summed E-state index contributed by atoms with van der Waals surface area (Å²) in [6.07, 6.45) is -5.08. The zero-order chi connectivity index (χ0) is 20.6. The highest BCUT2D eigenvalue weighted by Gasteiger charge is 2.58.